The third kappa shape index (κ3) is 2.54. The van der Waals surface area contributed by atoms with Crippen LogP contribution in [-0.2, 0) is 4.79 Å². The lowest BCUT2D eigenvalue weighted by Gasteiger charge is -2.17. The molecule has 1 fully saturated rings. The summed E-state index contributed by atoms with van der Waals surface area (Å²) in [7, 11) is 1.43. The molecule has 0 spiro atoms. The molecule has 1 heterocycles. The van der Waals surface area contributed by atoms with Crippen LogP contribution in [0.3, 0.4) is 0 Å². The number of hydrogen-bond donors (Lipinski definition) is 2. The highest BCUT2D eigenvalue weighted by molar-refractivity contribution is 6.07. The molecular formula is C14H17N3O4. The van der Waals surface area contributed by atoms with Crippen LogP contribution in [-0.4, -0.2) is 40.9 Å². The highest BCUT2D eigenvalue weighted by Crippen LogP contribution is 2.28. The van der Waals surface area contributed by atoms with E-state index in [-0.39, 0.29) is 11.5 Å². The lowest BCUT2D eigenvalue weighted by Crippen LogP contribution is -2.42. The van der Waals surface area contributed by atoms with Gasteiger partial charge in [0.15, 0.2) is 11.5 Å². The summed E-state index contributed by atoms with van der Waals surface area (Å²) in [5.41, 5.74) is -0.592. The largest absolute Gasteiger partial charge is 0.504 e. The molecule has 0 unspecified atom stereocenters. The van der Waals surface area contributed by atoms with Gasteiger partial charge in [-0.2, -0.15) is 5.10 Å². The Morgan fingerprint density at radius 2 is 2.19 bits per heavy atom. The zero-order valence-corrected chi connectivity index (χ0v) is 12.1. The van der Waals surface area contributed by atoms with Crippen molar-refractivity contribution >= 4 is 18.2 Å². The molecule has 3 amide bonds. The zero-order valence-electron chi connectivity index (χ0n) is 12.1. The van der Waals surface area contributed by atoms with Crippen LogP contribution in [0.5, 0.6) is 11.5 Å². The molecular weight excluding hydrogens is 274 g/mol. The van der Waals surface area contributed by atoms with E-state index in [0.717, 1.165) is 5.01 Å². The van der Waals surface area contributed by atoms with Crippen LogP contribution in [0, 0.1) is 0 Å². The second-order valence-corrected chi connectivity index (χ2v) is 4.88. The normalized spacial score (nSPS) is 22.0. The van der Waals surface area contributed by atoms with Crippen molar-refractivity contribution in [2.75, 3.05) is 7.11 Å². The van der Waals surface area contributed by atoms with Crippen LogP contribution in [0.15, 0.2) is 23.3 Å². The molecule has 7 heteroatoms. The van der Waals surface area contributed by atoms with E-state index in [1.54, 1.807) is 32.0 Å². The maximum atomic E-state index is 12.1. The number of methoxy groups -OCH3 is 1. The smallest absolute Gasteiger partial charge is 0.346 e. The van der Waals surface area contributed by atoms with Crippen LogP contribution in [0.25, 0.3) is 0 Å². The Labute approximate surface area is 122 Å². The number of phenolic OH excluding ortho intramolecular Hbond substituents is 1. The van der Waals surface area contributed by atoms with Gasteiger partial charge in [-0.05, 0) is 25.5 Å². The summed E-state index contributed by atoms with van der Waals surface area (Å²) in [6.07, 6.45) is 1.71. The molecule has 2 N–H and O–H groups in total. The summed E-state index contributed by atoms with van der Waals surface area (Å²) in [6, 6.07) is 4.28. The molecule has 1 atom stereocenters. The first kappa shape index (κ1) is 14.8. The molecule has 112 valence electrons. The van der Waals surface area contributed by atoms with Crippen molar-refractivity contribution in [3.8, 4) is 11.5 Å². The van der Waals surface area contributed by atoms with E-state index in [0.29, 0.717) is 12.0 Å². The monoisotopic (exact) mass is 291 g/mol. The van der Waals surface area contributed by atoms with E-state index >= 15 is 0 Å². The molecule has 0 radical (unpaired) electrons. The van der Waals surface area contributed by atoms with E-state index in [2.05, 4.69) is 10.4 Å². The van der Waals surface area contributed by atoms with Crippen molar-refractivity contribution in [3.63, 3.8) is 0 Å². The Kier molecular flexibility index (Phi) is 3.84. The molecule has 21 heavy (non-hydrogen) atoms. The summed E-state index contributed by atoms with van der Waals surface area (Å²) in [4.78, 5) is 23.9. The van der Waals surface area contributed by atoms with Gasteiger partial charge in [-0.1, -0.05) is 13.0 Å². The number of aromatic hydroxyl groups is 1. The Morgan fingerprint density at radius 1 is 1.48 bits per heavy atom. The Morgan fingerprint density at radius 3 is 2.76 bits per heavy atom. The van der Waals surface area contributed by atoms with E-state index in [1.807, 2.05) is 0 Å². The van der Waals surface area contributed by atoms with Crippen molar-refractivity contribution in [2.45, 2.75) is 25.8 Å². The number of hydrazone groups is 1. The third-order valence-corrected chi connectivity index (χ3v) is 3.51. The Hall–Kier alpha value is -2.57. The van der Waals surface area contributed by atoms with Gasteiger partial charge >= 0.3 is 6.03 Å². The molecule has 0 bridgehead atoms. The number of amides is 3. The molecule has 1 aromatic carbocycles. The SMILES string of the molecule is CC[C@]1(C)NC(=O)N(/N=C/c2cccc(OC)c2O)C1=O. The second kappa shape index (κ2) is 5.43. The average Bonchev–Trinajstić information content (AvgIpc) is 2.69. The third-order valence-electron chi connectivity index (χ3n) is 3.51. The highest BCUT2D eigenvalue weighted by Gasteiger charge is 2.46. The number of imide groups is 1. The summed E-state index contributed by atoms with van der Waals surface area (Å²) in [5.74, 6) is -0.239. The predicted molar refractivity (Wildman–Crippen MR) is 76.3 cm³/mol. The number of urea groups is 1. The molecule has 0 aromatic heterocycles. The quantitative estimate of drug-likeness (QED) is 0.649. The fourth-order valence-electron chi connectivity index (χ4n) is 1.94. The fraction of sp³-hybridized carbons (Fsp3) is 0.357. The van der Waals surface area contributed by atoms with Crippen LogP contribution in [0.1, 0.15) is 25.8 Å². The molecule has 1 aromatic rings. The van der Waals surface area contributed by atoms with Crippen LogP contribution in [0.2, 0.25) is 0 Å². The average molecular weight is 291 g/mol. The number of carbonyl (C=O) groups excluding carboxylic acids is 2. The number of hydrogen-bond acceptors (Lipinski definition) is 5. The molecule has 7 nitrogen and oxygen atoms in total. The van der Waals surface area contributed by atoms with E-state index in [9.17, 15) is 14.7 Å². The van der Waals surface area contributed by atoms with Gasteiger partial charge in [-0.15, -0.1) is 5.01 Å². The first-order valence-electron chi connectivity index (χ1n) is 6.49. The minimum absolute atomic E-state index is 0.103. The summed E-state index contributed by atoms with van der Waals surface area (Å²) in [5, 5.41) is 17.1. The van der Waals surface area contributed by atoms with Gasteiger partial charge in [0.25, 0.3) is 5.91 Å². The minimum Gasteiger partial charge on any atom is -0.504 e. The number of para-hydroxylation sites is 1. The maximum absolute atomic E-state index is 12.1. The summed E-state index contributed by atoms with van der Waals surface area (Å²) >= 11 is 0. The molecule has 0 saturated carbocycles. The number of benzene rings is 1. The first-order valence-corrected chi connectivity index (χ1v) is 6.49. The van der Waals surface area contributed by atoms with Gasteiger partial charge in [0, 0.05) is 5.56 Å². The van der Waals surface area contributed by atoms with Gasteiger partial charge < -0.3 is 15.2 Å². The van der Waals surface area contributed by atoms with Gasteiger partial charge in [-0.25, -0.2) is 4.79 Å². The van der Waals surface area contributed by atoms with Crippen molar-refractivity contribution in [1.29, 1.82) is 0 Å². The fourth-order valence-corrected chi connectivity index (χ4v) is 1.94. The van der Waals surface area contributed by atoms with Crippen LogP contribution in [0.4, 0.5) is 4.79 Å². The van der Waals surface area contributed by atoms with Crippen molar-refractivity contribution < 1.29 is 19.4 Å². The summed E-state index contributed by atoms with van der Waals surface area (Å²) < 4.78 is 4.98. The van der Waals surface area contributed by atoms with E-state index < -0.39 is 17.5 Å². The van der Waals surface area contributed by atoms with Crippen LogP contribution < -0.4 is 10.1 Å². The minimum atomic E-state index is -0.940. The molecule has 1 aliphatic heterocycles. The van der Waals surface area contributed by atoms with Gasteiger partial charge in [0.2, 0.25) is 0 Å². The van der Waals surface area contributed by atoms with Gasteiger partial charge in [0.1, 0.15) is 5.54 Å². The lowest BCUT2D eigenvalue weighted by molar-refractivity contribution is -0.130. The topological polar surface area (TPSA) is 91.2 Å². The number of phenols is 1. The number of ether oxygens (including phenoxy) is 1. The first-order chi connectivity index (χ1) is 9.92. The molecule has 1 saturated heterocycles. The molecule has 2 rings (SSSR count). The Bertz CT molecular complexity index is 614. The zero-order chi connectivity index (χ0) is 15.6. The lowest BCUT2D eigenvalue weighted by atomic mass is 10.00. The molecule has 1 aliphatic rings. The standard InChI is InChI=1S/C14H17N3O4/c1-4-14(2)12(19)17(13(20)16-14)15-8-9-6-5-7-10(21-3)11(9)18/h5-8,18H,4H2,1-3H3,(H,16,20)/b15-8+/t14-/m0/s1. The summed E-state index contributed by atoms with van der Waals surface area (Å²) in [6.45, 7) is 3.45. The number of rotatable bonds is 4. The second-order valence-electron chi connectivity index (χ2n) is 4.88. The van der Waals surface area contributed by atoms with Crippen LogP contribution >= 0.6 is 0 Å². The maximum Gasteiger partial charge on any atom is 0.346 e. The number of nitrogens with zero attached hydrogens (tertiary/aromatic N) is 2. The van der Waals surface area contributed by atoms with E-state index in [4.69, 9.17) is 4.74 Å². The van der Waals surface area contributed by atoms with Crippen molar-refractivity contribution in [2.24, 2.45) is 5.10 Å². The number of nitrogens with one attached hydrogen (secondary N) is 1. The molecule has 0 aliphatic carbocycles. The number of carbonyl (C=O) groups is 2. The van der Waals surface area contributed by atoms with Crippen molar-refractivity contribution in [1.82, 2.24) is 10.3 Å². The van der Waals surface area contributed by atoms with Crippen molar-refractivity contribution in [3.05, 3.63) is 23.8 Å². The van der Waals surface area contributed by atoms with Gasteiger partial charge in [-0.3, -0.25) is 4.79 Å². The predicted octanol–water partition coefficient (Wildman–Crippen LogP) is 1.46. The Balaban J connectivity index is 2.26. The van der Waals surface area contributed by atoms with E-state index in [1.165, 1.54) is 13.3 Å². The highest BCUT2D eigenvalue weighted by atomic mass is 16.5. The van der Waals surface area contributed by atoms with Gasteiger partial charge in [0.05, 0.1) is 13.3 Å².